The molecule has 0 N–H and O–H groups in total. The Morgan fingerprint density at radius 3 is 1.58 bits per heavy atom. The number of allylic oxidation sites excluding steroid dienone is 8. The highest BCUT2D eigenvalue weighted by atomic mass is 13.9. The summed E-state index contributed by atoms with van der Waals surface area (Å²) in [4.78, 5) is 0. The fourth-order valence-electron chi connectivity index (χ4n) is 1.68. The lowest BCUT2D eigenvalue weighted by atomic mass is 10.2. The van der Waals surface area contributed by atoms with E-state index in [4.69, 9.17) is 0 Å². The van der Waals surface area contributed by atoms with Gasteiger partial charge in [0.25, 0.3) is 0 Å². The minimum Gasteiger partial charge on any atom is -0.0882 e. The van der Waals surface area contributed by atoms with Gasteiger partial charge in [0.05, 0.1) is 0 Å². The summed E-state index contributed by atoms with van der Waals surface area (Å²) in [5, 5.41) is 0. The van der Waals surface area contributed by atoms with Gasteiger partial charge in [-0.3, -0.25) is 0 Å². The summed E-state index contributed by atoms with van der Waals surface area (Å²) >= 11 is 0. The van der Waals surface area contributed by atoms with Gasteiger partial charge in [0.2, 0.25) is 0 Å². The molecule has 0 unspecified atom stereocenters. The summed E-state index contributed by atoms with van der Waals surface area (Å²) < 4.78 is 0. The molecule has 0 aromatic rings. The van der Waals surface area contributed by atoms with Gasteiger partial charge in [-0.05, 0) is 44.9 Å². The summed E-state index contributed by atoms with van der Waals surface area (Å²) in [5.74, 6) is 0. The molecule has 0 spiro atoms. The molecule has 0 saturated heterocycles. The molecular formula is C19H31. The zero-order chi connectivity index (χ0) is 14.0. The lowest BCUT2D eigenvalue weighted by molar-refractivity contribution is 0.728. The van der Waals surface area contributed by atoms with Crippen LogP contribution in [-0.4, -0.2) is 0 Å². The van der Waals surface area contributed by atoms with Gasteiger partial charge in [-0.15, -0.1) is 0 Å². The minimum atomic E-state index is 0.995. The van der Waals surface area contributed by atoms with E-state index >= 15 is 0 Å². The Balaban J connectivity index is 3.35. The Bertz CT molecular complexity index is 266. The van der Waals surface area contributed by atoms with E-state index in [1.165, 1.54) is 25.7 Å². The molecule has 0 heteroatoms. The van der Waals surface area contributed by atoms with Crippen molar-refractivity contribution < 1.29 is 0 Å². The van der Waals surface area contributed by atoms with Crippen LogP contribution >= 0.6 is 0 Å². The first-order valence-corrected chi connectivity index (χ1v) is 7.81. The van der Waals surface area contributed by atoms with Crippen molar-refractivity contribution in [2.75, 3.05) is 0 Å². The Labute approximate surface area is 121 Å². The largest absolute Gasteiger partial charge is 0.0882 e. The summed E-state index contributed by atoms with van der Waals surface area (Å²) in [7, 11) is 0. The summed E-state index contributed by atoms with van der Waals surface area (Å²) in [6, 6.07) is 0. The van der Waals surface area contributed by atoms with Crippen molar-refractivity contribution in [3.63, 3.8) is 0 Å². The van der Waals surface area contributed by atoms with E-state index in [-0.39, 0.29) is 0 Å². The number of hydrogen-bond donors (Lipinski definition) is 0. The Morgan fingerprint density at radius 2 is 1.11 bits per heavy atom. The summed E-state index contributed by atoms with van der Waals surface area (Å²) in [6.07, 6.45) is 28.4. The van der Waals surface area contributed by atoms with Crippen LogP contribution in [0, 0.1) is 6.92 Å². The maximum Gasteiger partial charge on any atom is -0.0169 e. The van der Waals surface area contributed by atoms with Crippen LogP contribution in [-0.2, 0) is 0 Å². The van der Waals surface area contributed by atoms with Gasteiger partial charge in [0, 0.05) is 0 Å². The second kappa shape index (κ2) is 17.0. The lowest BCUT2D eigenvalue weighted by Crippen LogP contribution is -1.70. The van der Waals surface area contributed by atoms with Gasteiger partial charge in [0.1, 0.15) is 0 Å². The standard InChI is InChI=1S/C19H31/c1-3-5-7-9-11-13-15-17-19-18-16-14-12-10-8-6-4-2/h7,9,12-15,18-19H,1,3-6,8,10-11,16-17H2,2H3. The molecular weight excluding hydrogens is 228 g/mol. The van der Waals surface area contributed by atoms with E-state index in [9.17, 15) is 0 Å². The van der Waals surface area contributed by atoms with E-state index in [1.807, 2.05) is 0 Å². The maximum absolute atomic E-state index is 3.81. The quantitative estimate of drug-likeness (QED) is 0.274. The zero-order valence-corrected chi connectivity index (χ0v) is 12.7. The molecule has 19 heavy (non-hydrogen) atoms. The molecule has 0 aliphatic heterocycles. The molecule has 0 fully saturated rings. The molecule has 0 bridgehead atoms. The van der Waals surface area contributed by atoms with Crippen LogP contribution in [0.4, 0.5) is 0 Å². The van der Waals surface area contributed by atoms with E-state index in [1.54, 1.807) is 0 Å². The van der Waals surface area contributed by atoms with Crippen LogP contribution in [0.2, 0.25) is 0 Å². The first-order valence-electron chi connectivity index (χ1n) is 7.81. The second-order valence-corrected chi connectivity index (χ2v) is 4.73. The zero-order valence-electron chi connectivity index (χ0n) is 12.7. The third-order valence-electron chi connectivity index (χ3n) is 2.83. The highest BCUT2D eigenvalue weighted by molar-refractivity contribution is 4.99. The Kier molecular flexibility index (Phi) is 16.0. The molecule has 107 valence electrons. The third-order valence-corrected chi connectivity index (χ3v) is 2.83. The van der Waals surface area contributed by atoms with Crippen molar-refractivity contribution in [1.82, 2.24) is 0 Å². The molecule has 0 aliphatic carbocycles. The highest BCUT2D eigenvalue weighted by Gasteiger charge is 1.80. The summed E-state index contributed by atoms with van der Waals surface area (Å²) in [6.45, 7) is 6.05. The van der Waals surface area contributed by atoms with Crippen molar-refractivity contribution in [3.05, 3.63) is 55.5 Å². The van der Waals surface area contributed by atoms with Crippen molar-refractivity contribution >= 4 is 0 Å². The molecule has 0 aromatic heterocycles. The van der Waals surface area contributed by atoms with Crippen molar-refractivity contribution in [3.8, 4) is 0 Å². The minimum absolute atomic E-state index is 0.995. The van der Waals surface area contributed by atoms with Gasteiger partial charge in [-0.2, -0.15) is 0 Å². The highest BCUT2D eigenvalue weighted by Crippen LogP contribution is 2.00. The van der Waals surface area contributed by atoms with Crippen LogP contribution in [0.1, 0.15) is 64.7 Å². The molecule has 0 nitrogen and oxygen atoms in total. The monoisotopic (exact) mass is 259 g/mol. The fourth-order valence-corrected chi connectivity index (χ4v) is 1.68. The van der Waals surface area contributed by atoms with E-state index in [0.717, 1.165) is 32.1 Å². The van der Waals surface area contributed by atoms with Crippen LogP contribution in [0.5, 0.6) is 0 Å². The van der Waals surface area contributed by atoms with Crippen molar-refractivity contribution in [2.24, 2.45) is 0 Å². The van der Waals surface area contributed by atoms with Crippen LogP contribution in [0.25, 0.3) is 0 Å². The van der Waals surface area contributed by atoms with Gasteiger partial charge < -0.3 is 0 Å². The van der Waals surface area contributed by atoms with Gasteiger partial charge in [-0.1, -0.05) is 75.3 Å². The predicted molar refractivity (Wildman–Crippen MR) is 89.1 cm³/mol. The van der Waals surface area contributed by atoms with Gasteiger partial charge >= 0.3 is 0 Å². The van der Waals surface area contributed by atoms with Crippen molar-refractivity contribution in [2.45, 2.75) is 64.7 Å². The third kappa shape index (κ3) is 17.0. The van der Waals surface area contributed by atoms with E-state index in [0.29, 0.717) is 0 Å². The molecule has 0 saturated carbocycles. The second-order valence-electron chi connectivity index (χ2n) is 4.73. The topological polar surface area (TPSA) is 0 Å². The molecule has 0 aromatic carbocycles. The average molecular weight is 259 g/mol. The molecule has 0 amide bonds. The Morgan fingerprint density at radius 1 is 0.632 bits per heavy atom. The smallest absolute Gasteiger partial charge is 0.0169 e. The first-order chi connectivity index (χ1) is 9.41. The molecule has 0 atom stereocenters. The van der Waals surface area contributed by atoms with E-state index < -0.39 is 0 Å². The van der Waals surface area contributed by atoms with E-state index in [2.05, 4.69) is 62.5 Å². The van der Waals surface area contributed by atoms with Crippen LogP contribution in [0.15, 0.2) is 48.6 Å². The predicted octanol–water partition coefficient (Wildman–Crippen LogP) is 6.58. The maximum atomic E-state index is 3.81. The van der Waals surface area contributed by atoms with Gasteiger partial charge in [-0.25, -0.2) is 0 Å². The normalized spacial score (nSPS) is 12.7. The van der Waals surface area contributed by atoms with Crippen molar-refractivity contribution in [1.29, 1.82) is 0 Å². The Hall–Kier alpha value is -1.04. The number of hydrogen-bond acceptors (Lipinski definition) is 0. The van der Waals surface area contributed by atoms with Crippen LogP contribution < -0.4 is 0 Å². The molecule has 0 aliphatic rings. The van der Waals surface area contributed by atoms with Crippen LogP contribution in [0.3, 0.4) is 0 Å². The molecule has 0 rings (SSSR count). The number of unbranched alkanes of at least 4 members (excludes halogenated alkanes) is 4. The number of rotatable bonds is 12. The SMILES string of the molecule is [CH2]CCC=CCC=CCC=CCC=CCCCCC. The molecule has 0 heterocycles. The fraction of sp³-hybridized carbons (Fsp3) is 0.526. The summed E-state index contributed by atoms with van der Waals surface area (Å²) in [5.41, 5.74) is 0. The van der Waals surface area contributed by atoms with Gasteiger partial charge in [0.15, 0.2) is 0 Å². The lowest BCUT2D eigenvalue weighted by Gasteiger charge is -1.90. The average Bonchev–Trinajstić information content (AvgIpc) is 2.43. The molecule has 1 radical (unpaired) electrons. The first kappa shape index (κ1) is 18.0.